The van der Waals surface area contributed by atoms with Crippen LogP contribution in [0.15, 0.2) is 54.9 Å². The molecule has 2 aromatic rings. The molecule has 2 atom stereocenters. The molecule has 0 spiro atoms. The van der Waals surface area contributed by atoms with E-state index in [1.165, 1.54) is 0 Å². The van der Waals surface area contributed by atoms with E-state index in [1.807, 2.05) is 30.3 Å². The third-order valence-corrected chi connectivity index (χ3v) is 7.06. The molecule has 1 aliphatic carbocycles. The van der Waals surface area contributed by atoms with Gasteiger partial charge in [-0.2, -0.15) is 0 Å². The molecule has 28 heavy (non-hydrogen) atoms. The molecule has 0 bridgehead atoms. The maximum absolute atomic E-state index is 12.7. The molecular weight excluding hydrogens is 374 g/mol. The first-order chi connectivity index (χ1) is 13.5. The summed E-state index contributed by atoms with van der Waals surface area (Å²) >= 11 is 0. The minimum absolute atomic E-state index is 0.0844. The standard InChI is InChI=1S/C21H27N3O3S/c25-21(24-19-9-5-12-22-16-19)15-18-8-4-10-20(14-18)28(26,27)23-13-11-17-6-2-1-3-7-17/h1-3,5-7,9,12,16,18,20,23H,4,8,10-11,13-15H2,(H,24,25). The lowest BCUT2D eigenvalue weighted by Crippen LogP contribution is -2.39. The quantitative estimate of drug-likeness (QED) is 0.711. The Morgan fingerprint density at radius 1 is 1.11 bits per heavy atom. The van der Waals surface area contributed by atoms with Crippen LogP contribution < -0.4 is 10.0 Å². The first-order valence-electron chi connectivity index (χ1n) is 9.75. The molecule has 1 heterocycles. The summed E-state index contributed by atoms with van der Waals surface area (Å²) in [6, 6.07) is 13.4. The number of sulfonamides is 1. The number of rotatable bonds is 8. The molecule has 1 aromatic heterocycles. The van der Waals surface area contributed by atoms with Crippen LogP contribution >= 0.6 is 0 Å². The van der Waals surface area contributed by atoms with Crippen molar-refractivity contribution in [2.45, 2.75) is 43.8 Å². The van der Waals surface area contributed by atoms with Crippen LogP contribution in [0.2, 0.25) is 0 Å². The Morgan fingerprint density at radius 3 is 2.68 bits per heavy atom. The Kier molecular flexibility index (Phi) is 7.17. The molecule has 6 nitrogen and oxygen atoms in total. The Hall–Kier alpha value is -2.25. The normalized spacial score (nSPS) is 19.9. The Labute approximate surface area is 166 Å². The number of nitrogens with one attached hydrogen (secondary N) is 2. The average Bonchev–Trinajstić information content (AvgIpc) is 2.69. The van der Waals surface area contributed by atoms with Crippen molar-refractivity contribution in [3.8, 4) is 0 Å². The van der Waals surface area contributed by atoms with Crippen LogP contribution in [0, 0.1) is 5.92 Å². The van der Waals surface area contributed by atoms with Crippen molar-refractivity contribution in [3.63, 3.8) is 0 Å². The van der Waals surface area contributed by atoms with Crippen LogP contribution in [0.5, 0.6) is 0 Å². The average molecular weight is 402 g/mol. The number of benzene rings is 1. The number of amides is 1. The lowest BCUT2D eigenvalue weighted by molar-refractivity contribution is -0.117. The molecule has 7 heteroatoms. The SMILES string of the molecule is O=C(CC1CCCC(S(=O)(=O)NCCc2ccccc2)C1)Nc1cccnc1. The lowest BCUT2D eigenvalue weighted by Gasteiger charge is -2.28. The Morgan fingerprint density at radius 2 is 1.93 bits per heavy atom. The molecule has 1 aromatic carbocycles. The fourth-order valence-electron chi connectivity index (χ4n) is 3.72. The topological polar surface area (TPSA) is 88.2 Å². The first-order valence-corrected chi connectivity index (χ1v) is 11.3. The van der Waals surface area contributed by atoms with Crippen LogP contribution in [-0.4, -0.2) is 31.1 Å². The van der Waals surface area contributed by atoms with Crippen molar-refractivity contribution in [1.29, 1.82) is 0 Å². The van der Waals surface area contributed by atoms with Gasteiger partial charge in [-0.15, -0.1) is 0 Å². The molecule has 1 amide bonds. The molecule has 1 aliphatic rings. The van der Waals surface area contributed by atoms with Crippen molar-refractivity contribution >= 4 is 21.6 Å². The number of hydrogen-bond donors (Lipinski definition) is 2. The van der Waals surface area contributed by atoms with Gasteiger partial charge in [-0.1, -0.05) is 36.8 Å². The molecule has 1 saturated carbocycles. The lowest BCUT2D eigenvalue weighted by atomic mass is 9.86. The van der Waals surface area contributed by atoms with Crippen molar-refractivity contribution in [1.82, 2.24) is 9.71 Å². The number of pyridine rings is 1. The van der Waals surface area contributed by atoms with E-state index in [0.29, 0.717) is 37.9 Å². The van der Waals surface area contributed by atoms with Gasteiger partial charge in [0.2, 0.25) is 15.9 Å². The van der Waals surface area contributed by atoms with Gasteiger partial charge < -0.3 is 5.32 Å². The highest BCUT2D eigenvalue weighted by Crippen LogP contribution is 2.30. The van der Waals surface area contributed by atoms with Crippen LogP contribution in [0.3, 0.4) is 0 Å². The fraction of sp³-hybridized carbons (Fsp3) is 0.429. The number of aromatic nitrogens is 1. The second kappa shape index (κ2) is 9.80. The van der Waals surface area contributed by atoms with Gasteiger partial charge in [-0.05, 0) is 49.3 Å². The van der Waals surface area contributed by atoms with E-state index < -0.39 is 15.3 Å². The monoisotopic (exact) mass is 401 g/mol. The summed E-state index contributed by atoms with van der Waals surface area (Å²) in [5.74, 6) is -0.00537. The second-order valence-electron chi connectivity index (χ2n) is 7.32. The predicted molar refractivity (Wildman–Crippen MR) is 110 cm³/mol. The molecule has 0 aliphatic heterocycles. The van der Waals surface area contributed by atoms with Gasteiger partial charge in [0.1, 0.15) is 0 Å². The van der Waals surface area contributed by atoms with E-state index >= 15 is 0 Å². The number of anilines is 1. The van der Waals surface area contributed by atoms with E-state index in [1.54, 1.807) is 24.5 Å². The van der Waals surface area contributed by atoms with Crippen LogP contribution in [0.1, 0.15) is 37.7 Å². The highest BCUT2D eigenvalue weighted by atomic mass is 32.2. The van der Waals surface area contributed by atoms with Gasteiger partial charge in [0.05, 0.1) is 17.1 Å². The highest BCUT2D eigenvalue weighted by Gasteiger charge is 2.32. The zero-order valence-corrected chi connectivity index (χ0v) is 16.7. The van der Waals surface area contributed by atoms with Crippen molar-refractivity contribution in [3.05, 3.63) is 60.4 Å². The Bertz CT molecular complexity index is 857. The van der Waals surface area contributed by atoms with E-state index in [4.69, 9.17) is 0 Å². The molecule has 2 unspecified atom stereocenters. The maximum Gasteiger partial charge on any atom is 0.224 e. The summed E-state index contributed by atoms with van der Waals surface area (Å²) in [7, 11) is -3.37. The zero-order chi connectivity index (χ0) is 19.8. The maximum atomic E-state index is 12.7. The molecule has 0 saturated heterocycles. The van der Waals surface area contributed by atoms with Gasteiger partial charge in [-0.3, -0.25) is 9.78 Å². The van der Waals surface area contributed by atoms with Crippen LogP contribution in [0.4, 0.5) is 5.69 Å². The molecule has 0 radical (unpaired) electrons. The van der Waals surface area contributed by atoms with Gasteiger partial charge in [0, 0.05) is 19.2 Å². The summed E-state index contributed by atoms with van der Waals surface area (Å²) in [5.41, 5.74) is 1.77. The summed E-state index contributed by atoms with van der Waals surface area (Å²) in [4.78, 5) is 16.2. The van der Waals surface area contributed by atoms with E-state index in [2.05, 4.69) is 15.0 Å². The van der Waals surface area contributed by atoms with Gasteiger partial charge >= 0.3 is 0 Å². The third kappa shape index (κ3) is 6.14. The van der Waals surface area contributed by atoms with Crippen molar-refractivity contribution in [2.24, 2.45) is 5.92 Å². The Balaban J connectivity index is 1.48. The molecule has 150 valence electrons. The van der Waals surface area contributed by atoms with Crippen LogP contribution in [0.25, 0.3) is 0 Å². The van der Waals surface area contributed by atoms with E-state index in [9.17, 15) is 13.2 Å². The van der Waals surface area contributed by atoms with Crippen LogP contribution in [-0.2, 0) is 21.2 Å². The van der Waals surface area contributed by atoms with Crippen molar-refractivity contribution < 1.29 is 13.2 Å². The number of hydrogen-bond acceptors (Lipinski definition) is 4. The van der Waals surface area contributed by atoms with E-state index in [0.717, 1.165) is 18.4 Å². The number of carbonyl (C=O) groups is 1. The number of carbonyl (C=O) groups excluding carboxylic acids is 1. The van der Waals surface area contributed by atoms with Gasteiger partial charge in [0.25, 0.3) is 0 Å². The highest BCUT2D eigenvalue weighted by molar-refractivity contribution is 7.90. The van der Waals surface area contributed by atoms with Gasteiger partial charge in [0.15, 0.2) is 0 Å². The summed E-state index contributed by atoms with van der Waals surface area (Å²) in [5, 5.41) is 2.41. The molecular formula is C21H27N3O3S. The minimum Gasteiger partial charge on any atom is -0.325 e. The minimum atomic E-state index is -3.37. The molecule has 2 N–H and O–H groups in total. The zero-order valence-electron chi connectivity index (χ0n) is 15.9. The predicted octanol–water partition coefficient (Wildman–Crippen LogP) is 3.13. The summed E-state index contributed by atoms with van der Waals surface area (Å²) in [6.45, 7) is 0.398. The number of nitrogens with zero attached hydrogens (tertiary/aromatic N) is 1. The van der Waals surface area contributed by atoms with E-state index in [-0.39, 0.29) is 11.8 Å². The smallest absolute Gasteiger partial charge is 0.224 e. The first kappa shape index (κ1) is 20.5. The van der Waals surface area contributed by atoms with Gasteiger partial charge in [-0.25, -0.2) is 13.1 Å². The van der Waals surface area contributed by atoms with Crippen molar-refractivity contribution in [2.75, 3.05) is 11.9 Å². The molecule has 1 fully saturated rings. The second-order valence-corrected chi connectivity index (χ2v) is 9.37. The molecule has 3 rings (SSSR count). The third-order valence-electron chi connectivity index (χ3n) is 5.15. The summed E-state index contributed by atoms with van der Waals surface area (Å²) < 4.78 is 28.1. The fourth-order valence-corrected chi connectivity index (χ4v) is 5.34. The summed E-state index contributed by atoms with van der Waals surface area (Å²) in [6.07, 6.45) is 7.16. The largest absolute Gasteiger partial charge is 0.325 e.